The second-order valence-corrected chi connectivity index (χ2v) is 5.28. The quantitative estimate of drug-likeness (QED) is 0.740. The van der Waals surface area contributed by atoms with E-state index < -0.39 is 10.0 Å². The molecule has 90 valence electrons. The van der Waals surface area contributed by atoms with Gasteiger partial charge in [-0.3, -0.25) is 9.82 Å². The molecule has 6 nitrogen and oxygen atoms in total. The number of aromatic hydroxyl groups is 1. The van der Waals surface area contributed by atoms with Crippen LogP contribution in [0.2, 0.25) is 5.02 Å². The zero-order chi connectivity index (χ0) is 12.5. The van der Waals surface area contributed by atoms with E-state index in [4.69, 9.17) is 11.6 Å². The standard InChI is InChI=1S/C9H8ClN3O3S/c10-6-1-2-8(14)7(5-6)13-17(15,16)9-3-4-11-12-9/h1-5,13-14H,(H,11,12). The minimum atomic E-state index is -3.80. The molecule has 1 heterocycles. The number of rotatable bonds is 3. The molecule has 2 aromatic rings. The molecule has 0 unspecified atom stereocenters. The maximum atomic E-state index is 11.8. The highest BCUT2D eigenvalue weighted by Gasteiger charge is 2.17. The molecule has 17 heavy (non-hydrogen) atoms. The Morgan fingerprint density at radius 2 is 2.12 bits per heavy atom. The SMILES string of the molecule is O=S(=O)(Nc1cc(Cl)ccc1O)c1ccn[nH]1. The van der Waals surface area contributed by atoms with Crippen molar-refractivity contribution in [2.24, 2.45) is 0 Å². The third kappa shape index (κ3) is 2.51. The van der Waals surface area contributed by atoms with E-state index in [1.807, 2.05) is 0 Å². The minimum absolute atomic E-state index is 0.00657. The summed E-state index contributed by atoms with van der Waals surface area (Å²) in [7, 11) is -3.80. The number of benzene rings is 1. The Morgan fingerprint density at radius 1 is 1.35 bits per heavy atom. The first kappa shape index (κ1) is 11.7. The zero-order valence-corrected chi connectivity index (χ0v) is 9.96. The third-order valence-corrected chi connectivity index (χ3v) is 3.50. The van der Waals surface area contributed by atoms with E-state index >= 15 is 0 Å². The number of aromatic nitrogens is 2. The molecular weight excluding hydrogens is 266 g/mol. The molecule has 0 saturated heterocycles. The molecular formula is C9H8ClN3O3S. The molecule has 0 fully saturated rings. The van der Waals surface area contributed by atoms with Gasteiger partial charge in [0.25, 0.3) is 10.0 Å². The molecule has 3 N–H and O–H groups in total. The summed E-state index contributed by atoms with van der Waals surface area (Å²) in [4.78, 5) is 0. The van der Waals surface area contributed by atoms with Gasteiger partial charge in [-0.2, -0.15) is 13.5 Å². The highest BCUT2D eigenvalue weighted by Crippen LogP contribution is 2.28. The van der Waals surface area contributed by atoms with E-state index in [9.17, 15) is 13.5 Å². The normalized spacial score (nSPS) is 11.4. The van der Waals surface area contributed by atoms with E-state index in [0.717, 1.165) is 0 Å². The summed E-state index contributed by atoms with van der Waals surface area (Å²) < 4.78 is 25.8. The number of aromatic amines is 1. The smallest absolute Gasteiger partial charge is 0.278 e. The number of sulfonamides is 1. The highest BCUT2D eigenvalue weighted by atomic mass is 35.5. The number of anilines is 1. The topological polar surface area (TPSA) is 95.1 Å². The summed E-state index contributed by atoms with van der Waals surface area (Å²) in [6.45, 7) is 0. The maximum Gasteiger partial charge on any atom is 0.278 e. The highest BCUT2D eigenvalue weighted by molar-refractivity contribution is 7.92. The molecule has 0 aliphatic rings. The van der Waals surface area contributed by atoms with Gasteiger partial charge in [0, 0.05) is 5.02 Å². The van der Waals surface area contributed by atoms with Crippen molar-refractivity contribution in [3.63, 3.8) is 0 Å². The Balaban J connectivity index is 2.36. The number of phenolic OH excluding ortho intramolecular Hbond substituents is 1. The van der Waals surface area contributed by atoms with Crippen molar-refractivity contribution in [3.8, 4) is 5.75 Å². The van der Waals surface area contributed by atoms with Crippen molar-refractivity contribution < 1.29 is 13.5 Å². The molecule has 0 spiro atoms. The summed E-state index contributed by atoms with van der Waals surface area (Å²) in [5.41, 5.74) is 0.00657. The number of phenols is 1. The number of hydrogen-bond donors (Lipinski definition) is 3. The largest absolute Gasteiger partial charge is 0.506 e. The molecule has 2 rings (SSSR count). The molecule has 1 aromatic carbocycles. The zero-order valence-electron chi connectivity index (χ0n) is 8.38. The second kappa shape index (κ2) is 4.27. The monoisotopic (exact) mass is 273 g/mol. The fourth-order valence-electron chi connectivity index (χ4n) is 1.18. The van der Waals surface area contributed by atoms with E-state index in [1.54, 1.807) is 0 Å². The van der Waals surface area contributed by atoms with Gasteiger partial charge in [0.1, 0.15) is 5.75 Å². The van der Waals surface area contributed by atoms with Crippen LogP contribution in [0.5, 0.6) is 5.75 Å². The lowest BCUT2D eigenvalue weighted by atomic mass is 10.3. The molecule has 0 amide bonds. The number of hydrogen-bond acceptors (Lipinski definition) is 4. The van der Waals surface area contributed by atoms with Gasteiger partial charge in [-0.05, 0) is 24.3 Å². The fourth-order valence-corrected chi connectivity index (χ4v) is 2.33. The summed E-state index contributed by atoms with van der Waals surface area (Å²) in [5.74, 6) is -0.211. The summed E-state index contributed by atoms with van der Waals surface area (Å²) in [5, 5.41) is 15.5. The van der Waals surface area contributed by atoms with Crippen LogP contribution in [0.1, 0.15) is 0 Å². The van der Waals surface area contributed by atoms with Gasteiger partial charge in [0.05, 0.1) is 11.9 Å². The molecule has 0 bridgehead atoms. The minimum Gasteiger partial charge on any atom is -0.506 e. The molecule has 0 aliphatic carbocycles. The van der Waals surface area contributed by atoms with Gasteiger partial charge in [-0.15, -0.1) is 0 Å². The van der Waals surface area contributed by atoms with Crippen LogP contribution in [-0.4, -0.2) is 23.7 Å². The van der Waals surface area contributed by atoms with E-state index in [0.29, 0.717) is 5.02 Å². The van der Waals surface area contributed by atoms with Crippen LogP contribution in [0.3, 0.4) is 0 Å². The summed E-state index contributed by atoms with van der Waals surface area (Å²) in [6, 6.07) is 5.35. The first-order chi connectivity index (χ1) is 7.99. The Labute approximate surface area is 102 Å². The van der Waals surface area contributed by atoms with Crippen molar-refractivity contribution >= 4 is 27.3 Å². The van der Waals surface area contributed by atoms with E-state index in [1.165, 1.54) is 30.5 Å². The van der Waals surface area contributed by atoms with Crippen LogP contribution in [0.4, 0.5) is 5.69 Å². The van der Waals surface area contributed by atoms with Gasteiger partial charge >= 0.3 is 0 Å². The number of halogens is 1. The van der Waals surface area contributed by atoms with Gasteiger partial charge in [-0.25, -0.2) is 0 Å². The third-order valence-electron chi connectivity index (χ3n) is 1.97. The summed E-state index contributed by atoms with van der Waals surface area (Å²) in [6.07, 6.45) is 1.31. The molecule has 0 atom stereocenters. The van der Waals surface area contributed by atoms with Crippen LogP contribution in [0, 0.1) is 0 Å². The van der Waals surface area contributed by atoms with Crippen LogP contribution in [-0.2, 0) is 10.0 Å². The van der Waals surface area contributed by atoms with Gasteiger partial charge < -0.3 is 5.11 Å². The van der Waals surface area contributed by atoms with Crippen molar-refractivity contribution in [3.05, 3.63) is 35.5 Å². The number of nitrogens with one attached hydrogen (secondary N) is 2. The van der Waals surface area contributed by atoms with Crippen LogP contribution in [0.25, 0.3) is 0 Å². The molecule has 0 saturated carbocycles. The van der Waals surface area contributed by atoms with Crippen molar-refractivity contribution in [2.75, 3.05) is 4.72 Å². The fraction of sp³-hybridized carbons (Fsp3) is 0. The second-order valence-electron chi connectivity index (χ2n) is 3.19. The lowest BCUT2D eigenvalue weighted by Gasteiger charge is -2.08. The average molecular weight is 274 g/mol. The Morgan fingerprint density at radius 3 is 2.76 bits per heavy atom. The Kier molecular flexibility index (Phi) is 2.95. The predicted octanol–water partition coefficient (Wildman–Crippen LogP) is 1.57. The van der Waals surface area contributed by atoms with E-state index in [2.05, 4.69) is 14.9 Å². The van der Waals surface area contributed by atoms with Crippen LogP contribution < -0.4 is 4.72 Å². The summed E-state index contributed by atoms with van der Waals surface area (Å²) >= 11 is 5.70. The maximum absolute atomic E-state index is 11.8. The van der Waals surface area contributed by atoms with Crippen molar-refractivity contribution in [1.82, 2.24) is 10.2 Å². The van der Waals surface area contributed by atoms with E-state index in [-0.39, 0.29) is 16.5 Å². The number of H-pyrrole nitrogens is 1. The van der Waals surface area contributed by atoms with Gasteiger partial charge in [-0.1, -0.05) is 11.6 Å². The first-order valence-corrected chi connectivity index (χ1v) is 6.36. The Hall–Kier alpha value is -1.73. The Bertz CT molecular complexity index is 625. The van der Waals surface area contributed by atoms with Crippen molar-refractivity contribution in [1.29, 1.82) is 0 Å². The van der Waals surface area contributed by atoms with Gasteiger partial charge in [0.15, 0.2) is 5.03 Å². The number of nitrogens with zero attached hydrogens (tertiary/aromatic N) is 1. The molecule has 0 radical (unpaired) electrons. The molecule has 0 aliphatic heterocycles. The molecule has 8 heteroatoms. The average Bonchev–Trinajstić information content (AvgIpc) is 2.77. The lowest BCUT2D eigenvalue weighted by molar-refractivity contribution is 0.477. The first-order valence-electron chi connectivity index (χ1n) is 4.50. The van der Waals surface area contributed by atoms with Crippen molar-refractivity contribution in [2.45, 2.75) is 5.03 Å². The van der Waals surface area contributed by atoms with Gasteiger partial charge in [0.2, 0.25) is 0 Å². The van der Waals surface area contributed by atoms with Crippen LogP contribution >= 0.6 is 11.6 Å². The molecule has 1 aromatic heterocycles. The lowest BCUT2D eigenvalue weighted by Crippen LogP contribution is -2.13. The van der Waals surface area contributed by atoms with Crippen LogP contribution in [0.15, 0.2) is 35.5 Å². The predicted molar refractivity (Wildman–Crippen MR) is 62.5 cm³/mol.